The van der Waals surface area contributed by atoms with Gasteiger partial charge in [-0.3, -0.25) is 4.79 Å². The number of thiophene rings is 1. The van der Waals surface area contributed by atoms with Crippen LogP contribution in [-0.2, 0) is 0 Å². The summed E-state index contributed by atoms with van der Waals surface area (Å²) < 4.78 is 11.6. The summed E-state index contributed by atoms with van der Waals surface area (Å²) in [5, 5.41) is 5.50. The Hall–Kier alpha value is -2.57. The van der Waals surface area contributed by atoms with E-state index in [4.69, 9.17) is 21.1 Å². The summed E-state index contributed by atoms with van der Waals surface area (Å²) in [6, 6.07) is 13.2. The molecule has 0 saturated heterocycles. The molecule has 126 valence electrons. The van der Waals surface area contributed by atoms with Gasteiger partial charge in [-0.05, 0) is 31.2 Å². The number of halogens is 1. The number of nitrogens with one attached hydrogen (secondary N) is 1. The highest BCUT2D eigenvalue weighted by Crippen LogP contribution is 2.35. The van der Waals surface area contributed by atoms with Gasteiger partial charge in [0.1, 0.15) is 4.88 Å². The van der Waals surface area contributed by atoms with Crippen molar-refractivity contribution >= 4 is 44.6 Å². The number of rotatable bonds is 3. The SMILES string of the molecule is C/C(=N\NC(=O)c1sc2ccccc2c1Cl)c1ccc2c(c1)OCO2. The van der Waals surface area contributed by atoms with Gasteiger partial charge >= 0.3 is 0 Å². The maximum atomic E-state index is 12.4. The molecule has 0 unspecified atom stereocenters. The third-order valence-electron chi connectivity index (χ3n) is 3.86. The Kier molecular flexibility index (Phi) is 4.07. The monoisotopic (exact) mass is 372 g/mol. The minimum absolute atomic E-state index is 0.218. The average Bonchev–Trinajstić information content (AvgIpc) is 3.23. The molecule has 3 aromatic rings. The van der Waals surface area contributed by atoms with Crippen LogP contribution < -0.4 is 14.9 Å². The summed E-state index contributed by atoms with van der Waals surface area (Å²) in [6.45, 7) is 2.03. The Morgan fingerprint density at radius 3 is 2.84 bits per heavy atom. The fourth-order valence-corrected chi connectivity index (χ4v) is 3.94. The van der Waals surface area contributed by atoms with Gasteiger partial charge in [0.2, 0.25) is 6.79 Å². The molecule has 4 rings (SSSR count). The lowest BCUT2D eigenvalue weighted by Crippen LogP contribution is -2.18. The number of hydrazone groups is 1. The summed E-state index contributed by atoms with van der Waals surface area (Å²) in [6.07, 6.45) is 0. The largest absolute Gasteiger partial charge is 0.454 e. The van der Waals surface area contributed by atoms with Gasteiger partial charge in [0.15, 0.2) is 11.5 Å². The first-order chi connectivity index (χ1) is 12.1. The van der Waals surface area contributed by atoms with Gasteiger partial charge < -0.3 is 9.47 Å². The van der Waals surface area contributed by atoms with Crippen molar-refractivity contribution in [2.24, 2.45) is 5.10 Å². The second-order valence-electron chi connectivity index (χ2n) is 5.45. The third-order valence-corrected chi connectivity index (χ3v) is 5.53. The molecule has 0 bridgehead atoms. The van der Waals surface area contributed by atoms with Crippen LogP contribution in [0.15, 0.2) is 47.6 Å². The van der Waals surface area contributed by atoms with Crippen LogP contribution in [0, 0.1) is 0 Å². The molecule has 7 heteroatoms. The Labute approximate surface area is 152 Å². The van der Waals surface area contributed by atoms with Gasteiger partial charge in [0.05, 0.1) is 10.7 Å². The molecule has 1 amide bonds. The van der Waals surface area contributed by atoms with E-state index in [0.717, 1.165) is 15.6 Å². The molecular formula is C18H13ClN2O3S. The lowest BCUT2D eigenvalue weighted by molar-refractivity contribution is 0.0959. The number of hydrogen-bond acceptors (Lipinski definition) is 5. The Morgan fingerprint density at radius 2 is 2.00 bits per heavy atom. The molecule has 1 aromatic heterocycles. The number of benzene rings is 2. The van der Waals surface area contributed by atoms with E-state index in [0.29, 0.717) is 27.1 Å². The van der Waals surface area contributed by atoms with Crippen molar-refractivity contribution in [2.45, 2.75) is 6.92 Å². The van der Waals surface area contributed by atoms with Crippen molar-refractivity contribution < 1.29 is 14.3 Å². The Balaban J connectivity index is 1.55. The second-order valence-corrected chi connectivity index (χ2v) is 6.88. The molecule has 0 aliphatic carbocycles. The highest BCUT2D eigenvalue weighted by atomic mass is 35.5. The molecule has 0 saturated carbocycles. The van der Waals surface area contributed by atoms with Crippen LogP contribution >= 0.6 is 22.9 Å². The molecule has 0 atom stereocenters. The molecule has 1 aliphatic heterocycles. The standard InChI is InChI=1S/C18H13ClN2O3S/c1-10(11-6-7-13-14(8-11)24-9-23-13)20-21-18(22)17-16(19)12-4-2-3-5-15(12)25-17/h2-8H,9H2,1H3,(H,21,22)/b20-10+. The molecule has 1 N–H and O–H groups in total. The number of ether oxygens (including phenoxy) is 2. The van der Waals surface area contributed by atoms with Gasteiger partial charge in [-0.25, -0.2) is 5.43 Å². The van der Waals surface area contributed by atoms with Gasteiger partial charge in [-0.2, -0.15) is 5.10 Å². The van der Waals surface area contributed by atoms with Gasteiger partial charge in [0.25, 0.3) is 5.91 Å². The van der Waals surface area contributed by atoms with E-state index in [1.807, 2.05) is 49.4 Å². The van der Waals surface area contributed by atoms with Crippen LogP contribution in [0.4, 0.5) is 0 Å². The minimum Gasteiger partial charge on any atom is -0.454 e. The average molecular weight is 373 g/mol. The van der Waals surface area contributed by atoms with Crippen molar-refractivity contribution in [3.63, 3.8) is 0 Å². The molecule has 25 heavy (non-hydrogen) atoms. The maximum Gasteiger partial charge on any atom is 0.283 e. The van der Waals surface area contributed by atoms with Crippen LogP contribution in [0.2, 0.25) is 5.02 Å². The fourth-order valence-electron chi connectivity index (χ4n) is 2.53. The van der Waals surface area contributed by atoms with Crippen LogP contribution in [0.25, 0.3) is 10.1 Å². The zero-order valence-electron chi connectivity index (χ0n) is 13.2. The summed E-state index contributed by atoms with van der Waals surface area (Å²) in [4.78, 5) is 12.9. The van der Waals surface area contributed by atoms with E-state index >= 15 is 0 Å². The molecule has 5 nitrogen and oxygen atoms in total. The normalized spacial score (nSPS) is 13.3. The van der Waals surface area contributed by atoms with E-state index < -0.39 is 0 Å². The molecular weight excluding hydrogens is 360 g/mol. The van der Waals surface area contributed by atoms with Crippen LogP contribution in [0.3, 0.4) is 0 Å². The van der Waals surface area contributed by atoms with E-state index in [9.17, 15) is 4.79 Å². The quantitative estimate of drug-likeness (QED) is 0.546. The van der Waals surface area contributed by atoms with Crippen molar-refractivity contribution in [3.8, 4) is 11.5 Å². The number of fused-ring (bicyclic) bond motifs is 2. The highest BCUT2D eigenvalue weighted by Gasteiger charge is 2.17. The van der Waals surface area contributed by atoms with Crippen molar-refractivity contribution in [2.75, 3.05) is 6.79 Å². The van der Waals surface area contributed by atoms with Crippen molar-refractivity contribution in [3.05, 3.63) is 57.9 Å². The zero-order valence-corrected chi connectivity index (χ0v) is 14.8. The molecule has 0 radical (unpaired) electrons. The Bertz CT molecular complexity index is 1010. The smallest absolute Gasteiger partial charge is 0.283 e. The third kappa shape index (κ3) is 2.94. The van der Waals surface area contributed by atoms with Gasteiger partial charge in [-0.15, -0.1) is 11.3 Å². The number of carbonyl (C=O) groups excluding carboxylic acids is 1. The molecule has 2 aromatic carbocycles. The summed E-state index contributed by atoms with van der Waals surface area (Å²) in [7, 11) is 0. The Morgan fingerprint density at radius 1 is 1.20 bits per heavy atom. The molecule has 2 heterocycles. The summed E-state index contributed by atoms with van der Waals surface area (Å²) >= 11 is 7.66. The lowest BCUT2D eigenvalue weighted by Gasteiger charge is -2.03. The van der Waals surface area contributed by atoms with Crippen molar-refractivity contribution in [1.29, 1.82) is 0 Å². The highest BCUT2D eigenvalue weighted by molar-refractivity contribution is 7.21. The van der Waals surface area contributed by atoms with E-state index in [1.54, 1.807) is 0 Å². The first-order valence-corrected chi connectivity index (χ1v) is 8.74. The summed E-state index contributed by atoms with van der Waals surface area (Å²) in [5.41, 5.74) is 4.07. The number of carbonyl (C=O) groups is 1. The van der Waals surface area contributed by atoms with Crippen molar-refractivity contribution in [1.82, 2.24) is 5.43 Å². The van der Waals surface area contributed by atoms with E-state index in [2.05, 4.69) is 10.5 Å². The summed E-state index contributed by atoms with van der Waals surface area (Å²) in [5.74, 6) is 1.05. The van der Waals surface area contributed by atoms with E-state index in [1.165, 1.54) is 11.3 Å². The van der Waals surface area contributed by atoms with Crippen LogP contribution in [0.1, 0.15) is 22.2 Å². The lowest BCUT2D eigenvalue weighted by atomic mass is 10.1. The van der Waals surface area contributed by atoms with Crippen LogP contribution in [0.5, 0.6) is 11.5 Å². The first-order valence-electron chi connectivity index (χ1n) is 7.55. The maximum absolute atomic E-state index is 12.4. The number of hydrogen-bond donors (Lipinski definition) is 1. The zero-order chi connectivity index (χ0) is 17.4. The van der Waals surface area contributed by atoms with Gasteiger partial charge in [0, 0.05) is 15.6 Å². The molecule has 1 aliphatic rings. The number of amides is 1. The number of nitrogens with zero attached hydrogens (tertiary/aromatic N) is 1. The molecule has 0 spiro atoms. The predicted octanol–water partition coefficient (Wildman–Crippen LogP) is 4.44. The fraction of sp³-hybridized carbons (Fsp3) is 0.111. The van der Waals surface area contributed by atoms with E-state index in [-0.39, 0.29) is 12.7 Å². The van der Waals surface area contributed by atoms with Crippen LogP contribution in [-0.4, -0.2) is 18.4 Å². The predicted molar refractivity (Wildman–Crippen MR) is 99.1 cm³/mol. The minimum atomic E-state index is -0.328. The molecule has 0 fully saturated rings. The second kappa shape index (κ2) is 6.38. The van der Waals surface area contributed by atoms with Gasteiger partial charge in [-0.1, -0.05) is 29.8 Å². The first kappa shape index (κ1) is 15.9. The topological polar surface area (TPSA) is 59.9 Å².